The summed E-state index contributed by atoms with van der Waals surface area (Å²) < 4.78 is 0. The molecule has 2 aromatic rings. The third-order valence-electron chi connectivity index (χ3n) is 6.21. The van der Waals surface area contributed by atoms with Gasteiger partial charge in [-0.2, -0.15) is 0 Å². The molecule has 2 atom stereocenters. The molecule has 0 aliphatic carbocycles. The second-order valence-corrected chi connectivity index (χ2v) is 9.44. The largest absolute Gasteiger partial charge is 0.352 e. The number of imide groups is 1. The van der Waals surface area contributed by atoms with Crippen molar-refractivity contribution < 1.29 is 19.2 Å². The first-order chi connectivity index (χ1) is 16.6. The number of amides is 4. The maximum atomic E-state index is 13.3. The van der Waals surface area contributed by atoms with Crippen molar-refractivity contribution in [2.75, 3.05) is 6.54 Å². The summed E-state index contributed by atoms with van der Waals surface area (Å²) in [4.78, 5) is 53.9. The summed E-state index contributed by atoms with van der Waals surface area (Å²) in [7, 11) is 0. The van der Waals surface area contributed by atoms with Crippen molar-refractivity contribution >= 4 is 46.8 Å². The summed E-state index contributed by atoms with van der Waals surface area (Å²) in [5.41, 5.74) is 1.29. The summed E-state index contributed by atoms with van der Waals surface area (Å²) in [5, 5.41) is 3.70. The first kappa shape index (κ1) is 26.7. The van der Waals surface area contributed by atoms with Crippen LogP contribution < -0.4 is 5.32 Å². The van der Waals surface area contributed by atoms with Crippen molar-refractivity contribution in [2.24, 2.45) is 0 Å². The first-order valence-corrected chi connectivity index (χ1v) is 12.4. The number of hydrogen-bond acceptors (Lipinski definition) is 4. The molecule has 1 aliphatic rings. The Morgan fingerprint density at radius 3 is 2.09 bits per heavy atom. The van der Waals surface area contributed by atoms with Crippen molar-refractivity contribution in [3.63, 3.8) is 0 Å². The number of benzene rings is 2. The Balaban J connectivity index is 1.72. The first-order valence-electron chi connectivity index (χ1n) is 11.6. The number of hydrogen-bond donors (Lipinski definition) is 1. The average Bonchev–Trinajstić information content (AvgIpc) is 3.08. The molecule has 0 bridgehead atoms. The van der Waals surface area contributed by atoms with Crippen LogP contribution in [0.3, 0.4) is 0 Å². The molecule has 0 saturated heterocycles. The minimum Gasteiger partial charge on any atom is -0.352 e. The smallest absolute Gasteiger partial charge is 0.261 e. The lowest BCUT2D eigenvalue weighted by atomic mass is 10.1. The molecule has 0 spiro atoms. The number of carbonyl (C=O) groups is 4. The third kappa shape index (κ3) is 6.03. The fourth-order valence-corrected chi connectivity index (χ4v) is 4.39. The maximum Gasteiger partial charge on any atom is 0.261 e. The van der Waals surface area contributed by atoms with Gasteiger partial charge in [-0.15, -0.1) is 0 Å². The third-order valence-corrected chi connectivity index (χ3v) is 6.92. The molecule has 1 heterocycles. The zero-order valence-electron chi connectivity index (χ0n) is 20.0. The van der Waals surface area contributed by atoms with Gasteiger partial charge in [-0.25, -0.2) is 0 Å². The van der Waals surface area contributed by atoms with E-state index in [-0.39, 0.29) is 55.6 Å². The van der Waals surface area contributed by atoms with E-state index in [1.165, 1.54) is 4.90 Å². The van der Waals surface area contributed by atoms with E-state index < -0.39 is 6.04 Å². The topological polar surface area (TPSA) is 86.8 Å². The van der Waals surface area contributed by atoms with E-state index in [0.717, 1.165) is 11.3 Å². The quantitative estimate of drug-likeness (QED) is 0.462. The number of nitrogens with zero attached hydrogens (tertiary/aromatic N) is 2. The summed E-state index contributed by atoms with van der Waals surface area (Å²) in [5.74, 6) is -1.31. The van der Waals surface area contributed by atoms with Crippen LogP contribution in [0.5, 0.6) is 0 Å². The average molecular weight is 518 g/mol. The van der Waals surface area contributed by atoms with Crippen LogP contribution in [0.1, 0.15) is 66.3 Å². The molecule has 0 fully saturated rings. The van der Waals surface area contributed by atoms with Crippen LogP contribution in [-0.2, 0) is 16.1 Å². The molecule has 0 aromatic heterocycles. The van der Waals surface area contributed by atoms with Crippen LogP contribution in [0.25, 0.3) is 0 Å². The molecule has 0 unspecified atom stereocenters. The van der Waals surface area contributed by atoms with Crippen molar-refractivity contribution in [3.8, 4) is 0 Å². The van der Waals surface area contributed by atoms with Crippen molar-refractivity contribution in [3.05, 3.63) is 69.2 Å². The summed E-state index contributed by atoms with van der Waals surface area (Å²) in [6.07, 6.45) is 1.05. The van der Waals surface area contributed by atoms with Gasteiger partial charge in [0.2, 0.25) is 11.8 Å². The van der Waals surface area contributed by atoms with Gasteiger partial charge in [0, 0.05) is 41.2 Å². The lowest BCUT2D eigenvalue weighted by Crippen LogP contribution is -2.49. The molecule has 0 radical (unpaired) electrons. The van der Waals surface area contributed by atoms with E-state index in [4.69, 9.17) is 23.2 Å². The Hall–Kier alpha value is -2.90. The fraction of sp³-hybridized carbons (Fsp3) is 0.385. The minimum atomic E-state index is -0.775. The zero-order valence-corrected chi connectivity index (χ0v) is 21.5. The Morgan fingerprint density at radius 2 is 1.54 bits per heavy atom. The van der Waals surface area contributed by atoms with E-state index in [1.807, 2.05) is 13.8 Å². The number of rotatable bonds is 10. The highest BCUT2D eigenvalue weighted by atomic mass is 35.5. The molecule has 4 amide bonds. The molecule has 9 heteroatoms. The molecular weight excluding hydrogens is 489 g/mol. The number of halogens is 2. The van der Waals surface area contributed by atoms with Gasteiger partial charge in [-0.05, 0) is 51.0 Å². The number of carbonyl (C=O) groups excluding carboxylic acids is 4. The van der Waals surface area contributed by atoms with Gasteiger partial charge in [0.25, 0.3) is 11.8 Å². The molecule has 3 rings (SSSR count). The van der Waals surface area contributed by atoms with Crippen LogP contribution >= 0.6 is 23.2 Å². The van der Waals surface area contributed by atoms with Gasteiger partial charge < -0.3 is 10.2 Å². The van der Waals surface area contributed by atoms with E-state index >= 15 is 0 Å². The van der Waals surface area contributed by atoms with Crippen molar-refractivity contribution in [2.45, 2.75) is 58.7 Å². The summed E-state index contributed by atoms with van der Waals surface area (Å²) in [6, 6.07) is 10.9. The van der Waals surface area contributed by atoms with Crippen molar-refractivity contribution in [1.29, 1.82) is 0 Å². The van der Waals surface area contributed by atoms with Gasteiger partial charge in [-0.1, -0.05) is 48.3 Å². The minimum absolute atomic E-state index is 0.0381. The second kappa shape index (κ2) is 11.7. The molecule has 7 nitrogen and oxygen atoms in total. The van der Waals surface area contributed by atoms with Gasteiger partial charge in [0.1, 0.15) is 6.04 Å². The van der Waals surface area contributed by atoms with Gasteiger partial charge in [-0.3, -0.25) is 24.1 Å². The monoisotopic (exact) mass is 517 g/mol. The molecule has 1 aliphatic heterocycles. The van der Waals surface area contributed by atoms with Crippen LogP contribution in [0.15, 0.2) is 42.5 Å². The zero-order chi connectivity index (χ0) is 25.7. The second-order valence-electron chi connectivity index (χ2n) is 8.63. The van der Waals surface area contributed by atoms with E-state index in [0.29, 0.717) is 26.7 Å². The Morgan fingerprint density at radius 1 is 0.971 bits per heavy atom. The molecule has 35 heavy (non-hydrogen) atoms. The van der Waals surface area contributed by atoms with Crippen LogP contribution in [0.4, 0.5) is 0 Å². The van der Waals surface area contributed by atoms with Crippen LogP contribution in [0, 0.1) is 0 Å². The molecular formula is C26H29Cl2N3O4. The number of fused-ring (bicyclic) bond motifs is 1. The predicted octanol–water partition coefficient (Wildman–Crippen LogP) is 4.70. The normalized spacial score (nSPS) is 14.5. The standard InChI is InChI=1S/C26H29Cl2N3O4/c1-4-16(2)29-24(33)17(3)31(15-20-21(27)11-7-12-22(20)28)23(32)13-8-14-30-25(34)18-9-5-6-10-19(18)26(30)35/h5-7,9-12,16-17H,4,8,13-15H2,1-3H3,(H,29,33)/t16-,17-/m1/s1. The highest BCUT2D eigenvalue weighted by Crippen LogP contribution is 2.27. The highest BCUT2D eigenvalue weighted by Gasteiger charge is 2.35. The SMILES string of the molecule is CC[C@@H](C)NC(=O)[C@@H](C)N(Cc1c(Cl)cccc1Cl)C(=O)CCCN1C(=O)c2ccccc2C1=O. The lowest BCUT2D eigenvalue weighted by Gasteiger charge is -2.30. The van der Waals surface area contributed by atoms with Crippen LogP contribution in [-0.4, -0.2) is 52.1 Å². The Kier molecular flexibility index (Phi) is 8.92. The Labute approximate surface area is 215 Å². The van der Waals surface area contributed by atoms with E-state index in [2.05, 4.69) is 5.32 Å². The Bertz CT molecular complexity index is 1080. The molecule has 2 aromatic carbocycles. The summed E-state index contributed by atoms with van der Waals surface area (Å²) >= 11 is 12.7. The molecule has 186 valence electrons. The van der Waals surface area contributed by atoms with Gasteiger partial charge in [0.15, 0.2) is 0 Å². The highest BCUT2D eigenvalue weighted by molar-refractivity contribution is 6.36. The fourth-order valence-electron chi connectivity index (χ4n) is 3.88. The van der Waals surface area contributed by atoms with E-state index in [9.17, 15) is 19.2 Å². The van der Waals surface area contributed by atoms with Gasteiger partial charge in [0.05, 0.1) is 11.1 Å². The van der Waals surface area contributed by atoms with Crippen LogP contribution in [0.2, 0.25) is 10.0 Å². The molecule has 1 N–H and O–H groups in total. The maximum absolute atomic E-state index is 13.3. The van der Waals surface area contributed by atoms with Crippen molar-refractivity contribution in [1.82, 2.24) is 15.1 Å². The van der Waals surface area contributed by atoms with E-state index in [1.54, 1.807) is 49.4 Å². The van der Waals surface area contributed by atoms with Gasteiger partial charge >= 0.3 is 0 Å². The predicted molar refractivity (Wildman–Crippen MR) is 135 cm³/mol. The lowest BCUT2D eigenvalue weighted by molar-refractivity contribution is -0.141. The summed E-state index contributed by atoms with van der Waals surface area (Å²) in [6.45, 7) is 5.67. The number of nitrogens with one attached hydrogen (secondary N) is 1. The molecule has 0 saturated carbocycles.